The SMILES string of the molecule is Cc1ccc(CS(=O)(=O)NCC(c2cccs2)N(C)C)cc1. The van der Waals surface area contributed by atoms with Crippen LogP contribution in [0.1, 0.15) is 22.0 Å². The highest BCUT2D eigenvalue weighted by molar-refractivity contribution is 7.88. The van der Waals surface area contributed by atoms with Gasteiger partial charge in [-0.25, -0.2) is 13.1 Å². The Balaban J connectivity index is 2.00. The molecule has 0 spiro atoms. The molecule has 0 bridgehead atoms. The number of rotatable bonds is 7. The summed E-state index contributed by atoms with van der Waals surface area (Å²) < 4.78 is 27.2. The van der Waals surface area contributed by atoms with Crippen molar-refractivity contribution in [2.75, 3.05) is 20.6 Å². The van der Waals surface area contributed by atoms with Crippen LogP contribution in [0.3, 0.4) is 0 Å². The number of sulfonamides is 1. The molecule has 0 aliphatic rings. The van der Waals surface area contributed by atoms with Crippen molar-refractivity contribution in [3.63, 3.8) is 0 Å². The van der Waals surface area contributed by atoms with Crippen LogP contribution in [0.15, 0.2) is 41.8 Å². The number of hydrogen-bond donors (Lipinski definition) is 1. The van der Waals surface area contributed by atoms with Crippen LogP contribution in [0.2, 0.25) is 0 Å². The van der Waals surface area contributed by atoms with E-state index in [1.54, 1.807) is 11.3 Å². The van der Waals surface area contributed by atoms with Crippen molar-refractivity contribution in [3.8, 4) is 0 Å². The third kappa shape index (κ3) is 4.91. The van der Waals surface area contributed by atoms with Gasteiger partial charge in [0.2, 0.25) is 10.0 Å². The predicted molar refractivity (Wildman–Crippen MR) is 92.6 cm³/mol. The average Bonchev–Trinajstić information content (AvgIpc) is 2.95. The summed E-state index contributed by atoms with van der Waals surface area (Å²) >= 11 is 1.64. The lowest BCUT2D eigenvalue weighted by Gasteiger charge is -2.23. The number of nitrogens with zero attached hydrogens (tertiary/aromatic N) is 1. The highest BCUT2D eigenvalue weighted by Gasteiger charge is 2.19. The van der Waals surface area contributed by atoms with Gasteiger partial charge in [-0.1, -0.05) is 35.9 Å². The summed E-state index contributed by atoms with van der Waals surface area (Å²) in [7, 11) is 0.575. The Morgan fingerprint density at radius 1 is 1.18 bits per heavy atom. The Morgan fingerprint density at radius 2 is 1.86 bits per heavy atom. The highest BCUT2D eigenvalue weighted by Crippen LogP contribution is 2.22. The summed E-state index contributed by atoms with van der Waals surface area (Å²) in [5, 5.41) is 2.01. The second-order valence-corrected chi connectivity index (χ2v) is 8.37. The lowest BCUT2D eigenvalue weighted by molar-refractivity contribution is 0.303. The Morgan fingerprint density at radius 3 is 2.41 bits per heavy atom. The van der Waals surface area contributed by atoms with E-state index >= 15 is 0 Å². The highest BCUT2D eigenvalue weighted by atomic mass is 32.2. The van der Waals surface area contributed by atoms with E-state index in [2.05, 4.69) is 4.72 Å². The largest absolute Gasteiger partial charge is 0.300 e. The Bertz CT molecular complexity index is 677. The standard InChI is InChI=1S/C16H22N2O2S2/c1-13-6-8-14(9-7-13)12-22(19,20)17-11-15(18(2)3)16-5-4-10-21-16/h4-10,15,17H,11-12H2,1-3H3. The molecule has 120 valence electrons. The average molecular weight is 338 g/mol. The summed E-state index contributed by atoms with van der Waals surface area (Å²) in [5.41, 5.74) is 1.93. The molecule has 1 heterocycles. The van der Waals surface area contributed by atoms with Gasteiger partial charge in [0.05, 0.1) is 11.8 Å². The van der Waals surface area contributed by atoms with Crippen LogP contribution in [-0.2, 0) is 15.8 Å². The normalized spacial score (nSPS) is 13.5. The zero-order chi connectivity index (χ0) is 16.2. The van der Waals surface area contributed by atoms with Gasteiger partial charge in [-0.3, -0.25) is 0 Å². The first-order chi connectivity index (χ1) is 10.4. The van der Waals surface area contributed by atoms with E-state index in [4.69, 9.17) is 0 Å². The van der Waals surface area contributed by atoms with Crippen molar-refractivity contribution < 1.29 is 8.42 Å². The number of aryl methyl sites for hydroxylation is 1. The van der Waals surface area contributed by atoms with Crippen molar-refractivity contribution in [1.82, 2.24) is 9.62 Å². The topological polar surface area (TPSA) is 49.4 Å². The van der Waals surface area contributed by atoms with Crippen LogP contribution in [-0.4, -0.2) is 34.0 Å². The molecule has 1 aromatic heterocycles. The van der Waals surface area contributed by atoms with Crippen molar-refractivity contribution in [2.24, 2.45) is 0 Å². The number of hydrogen-bond acceptors (Lipinski definition) is 4. The van der Waals surface area contributed by atoms with Gasteiger partial charge >= 0.3 is 0 Å². The van der Waals surface area contributed by atoms with E-state index in [1.165, 1.54) is 0 Å². The summed E-state index contributed by atoms with van der Waals surface area (Å²) in [6, 6.07) is 11.6. The van der Waals surface area contributed by atoms with Crippen molar-refractivity contribution >= 4 is 21.4 Å². The van der Waals surface area contributed by atoms with E-state index < -0.39 is 10.0 Å². The van der Waals surface area contributed by atoms with Crippen LogP contribution in [0.5, 0.6) is 0 Å². The molecule has 4 nitrogen and oxygen atoms in total. The number of thiophene rings is 1. The Labute approximate surface area is 136 Å². The monoisotopic (exact) mass is 338 g/mol. The molecule has 1 N–H and O–H groups in total. The molecule has 0 aliphatic carbocycles. The van der Waals surface area contributed by atoms with E-state index in [9.17, 15) is 8.42 Å². The third-order valence-electron chi connectivity index (χ3n) is 3.47. The molecule has 1 aromatic carbocycles. The van der Waals surface area contributed by atoms with Crippen LogP contribution in [0.4, 0.5) is 0 Å². The molecule has 0 fully saturated rings. The van der Waals surface area contributed by atoms with Crippen molar-refractivity contribution in [1.29, 1.82) is 0 Å². The molecule has 0 radical (unpaired) electrons. The minimum atomic E-state index is -3.34. The molecule has 0 saturated heterocycles. The molecule has 2 rings (SSSR count). The summed E-state index contributed by atoms with van der Waals surface area (Å²) in [4.78, 5) is 3.18. The molecule has 0 aliphatic heterocycles. The van der Waals surface area contributed by atoms with Crippen LogP contribution >= 0.6 is 11.3 Å². The van der Waals surface area contributed by atoms with Crippen molar-refractivity contribution in [2.45, 2.75) is 18.7 Å². The Kier molecular flexibility index (Phi) is 5.74. The summed E-state index contributed by atoms with van der Waals surface area (Å²) in [5.74, 6) is 0.0118. The van der Waals surface area contributed by atoms with Crippen LogP contribution in [0, 0.1) is 6.92 Å². The molecule has 2 aromatic rings. The smallest absolute Gasteiger partial charge is 0.215 e. The molecular weight excluding hydrogens is 316 g/mol. The second kappa shape index (κ2) is 7.37. The fraction of sp³-hybridized carbons (Fsp3) is 0.375. The maximum Gasteiger partial charge on any atom is 0.215 e. The van der Waals surface area contributed by atoms with Gasteiger partial charge in [0.1, 0.15) is 0 Å². The van der Waals surface area contributed by atoms with Gasteiger partial charge in [0, 0.05) is 11.4 Å². The molecular formula is C16H22N2O2S2. The van der Waals surface area contributed by atoms with Crippen molar-refractivity contribution in [3.05, 3.63) is 57.8 Å². The minimum absolute atomic E-state index is 0.0118. The van der Waals surface area contributed by atoms with E-state index in [0.717, 1.165) is 16.0 Å². The quantitative estimate of drug-likeness (QED) is 0.844. The van der Waals surface area contributed by atoms with Gasteiger partial charge in [0.25, 0.3) is 0 Å². The van der Waals surface area contributed by atoms with Gasteiger partial charge in [0.15, 0.2) is 0 Å². The fourth-order valence-electron chi connectivity index (χ4n) is 2.18. The first kappa shape index (κ1) is 17.1. The maximum atomic E-state index is 12.3. The first-order valence-electron chi connectivity index (χ1n) is 7.10. The van der Waals surface area contributed by atoms with E-state index in [0.29, 0.717) is 6.54 Å². The molecule has 6 heteroatoms. The van der Waals surface area contributed by atoms with Gasteiger partial charge in [-0.15, -0.1) is 11.3 Å². The van der Waals surface area contributed by atoms with Gasteiger partial charge < -0.3 is 4.90 Å². The minimum Gasteiger partial charge on any atom is -0.300 e. The lowest BCUT2D eigenvalue weighted by Crippen LogP contribution is -2.34. The summed E-state index contributed by atoms with van der Waals surface area (Å²) in [6.45, 7) is 2.36. The predicted octanol–water partition coefficient (Wildman–Crippen LogP) is 2.78. The third-order valence-corrected chi connectivity index (χ3v) is 5.76. The Hall–Kier alpha value is -1.21. The molecule has 22 heavy (non-hydrogen) atoms. The number of benzene rings is 1. The van der Waals surface area contributed by atoms with Crippen LogP contribution < -0.4 is 4.72 Å². The molecule has 1 atom stereocenters. The van der Waals surface area contributed by atoms with E-state index in [1.807, 2.05) is 67.7 Å². The van der Waals surface area contributed by atoms with Gasteiger partial charge in [-0.2, -0.15) is 0 Å². The van der Waals surface area contributed by atoms with E-state index in [-0.39, 0.29) is 11.8 Å². The second-order valence-electron chi connectivity index (χ2n) is 5.59. The number of likely N-dealkylation sites (N-methyl/N-ethyl adjacent to an activating group) is 1. The maximum absolute atomic E-state index is 12.3. The molecule has 1 unspecified atom stereocenters. The lowest BCUT2D eigenvalue weighted by atomic mass is 10.2. The zero-order valence-corrected chi connectivity index (χ0v) is 14.7. The fourth-order valence-corrected chi connectivity index (χ4v) is 4.25. The first-order valence-corrected chi connectivity index (χ1v) is 9.63. The molecule has 0 saturated carbocycles. The zero-order valence-electron chi connectivity index (χ0n) is 13.1. The van der Waals surface area contributed by atoms with Gasteiger partial charge in [-0.05, 0) is 38.0 Å². The number of nitrogens with one attached hydrogen (secondary N) is 1. The summed E-state index contributed by atoms with van der Waals surface area (Å²) in [6.07, 6.45) is 0. The molecule has 0 amide bonds. The van der Waals surface area contributed by atoms with Crippen LogP contribution in [0.25, 0.3) is 0 Å².